The van der Waals surface area contributed by atoms with Crippen LogP contribution in [0, 0.1) is 5.82 Å². The zero-order chi connectivity index (χ0) is 20.8. The maximum atomic E-state index is 13.4. The first-order valence-electron chi connectivity index (χ1n) is 9.38. The fourth-order valence-corrected chi connectivity index (χ4v) is 3.48. The Balaban J connectivity index is 1.57. The summed E-state index contributed by atoms with van der Waals surface area (Å²) >= 11 is 3.23. The number of nitrogens with one attached hydrogen (secondary N) is 1. The predicted octanol–water partition coefficient (Wildman–Crippen LogP) is 3.53. The third-order valence-electron chi connectivity index (χ3n) is 4.54. The van der Waals surface area contributed by atoms with Crippen molar-refractivity contribution in [1.82, 2.24) is 10.2 Å². The van der Waals surface area contributed by atoms with E-state index in [-0.39, 0.29) is 24.4 Å². The number of benzene rings is 2. The Labute approximate surface area is 177 Å². The monoisotopic (exact) mass is 464 g/mol. The molecule has 8 heteroatoms. The first-order valence-corrected chi connectivity index (χ1v) is 10.2. The molecule has 0 unspecified atom stereocenters. The van der Waals surface area contributed by atoms with Crippen molar-refractivity contribution in [2.45, 2.75) is 19.9 Å². The molecule has 1 aliphatic heterocycles. The fraction of sp³-hybridized carbons (Fsp3) is 0.333. The van der Waals surface area contributed by atoms with Crippen molar-refractivity contribution < 1.29 is 23.5 Å². The normalized spacial score (nSPS) is 12.4. The molecule has 2 aromatic rings. The summed E-state index contributed by atoms with van der Waals surface area (Å²) in [5, 5.41) is 2.66. The zero-order valence-corrected chi connectivity index (χ0v) is 17.6. The van der Waals surface area contributed by atoms with E-state index in [1.807, 2.05) is 25.1 Å². The van der Waals surface area contributed by atoms with Gasteiger partial charge in [-0.05, 0) is 47.1 Å². The summed E-state index contributed by atoms with van der Waals surface area (Å²) in [5.74, 6) is 0.332. The van der Waals surface area contributed by atoms with Crippen LogP contribution in [-0.2, 0) is 11.3 Å². The van der Waals surface area contributed by atoms with Crippen LogP contribution in [0.3, 0.4) is 0 Å². The van der Waals surface area contributed by atoms with Crippen molar-refractivity contribution in [2.24, 2.45) is 0 Å². The minimum Gasteiger partial charge on any atom is -0.486 e. The molecule has 0 aliphatic carbocycles. The van der Waals surface area contributed by atoms with Crippen LogP contribution in [-0.4, -0.2) is 43.0 Å². The highest BCUT2D eigenvalue weighted by Gasteiger charge is 2.20. The number of hydrogen-bond donors (Lipinski definition) is 1. The minimum absolute atomic E-state index is 0.0968. The molecule has 154 valence electrons. The first-order chi connectivity index (χ1) is 14.0. The zero-order valence-electron chi connectivity index (χ0n) is 16.0. The van der Waals surface area contributed by atoms with Crippen LogP contribution >= 0.6 is 15.9 Å². The van der Waals surface area contributed by atoms with E-state index in [1.54, 1.807) is 4.90 Å². The van der Waals surface area contributed by atoms with Crippen molar-refractivity contribution in [3.63, 3.8) is 0 Å². The third kappa shape index (κ3) is 5.26. The van der Waals surface area contributed by atoms with Crippen molar-refractivity contribution >= 4 is 27.7 Å². The van der Waals surface area contributed by atoms with Crippen LogP contribution in [0.15, 0.2) is 40.9 Å². The van der Waals surface area contributed by atoms with Crippen LogP contribution in [0.2, 0.25) is 0 Å². The molecule has 2 aromatic carbocycles. The Kier molecular flexibility index (Phi) is 7.09. The van der Waals surface area contributed by atoms with Gasteiger partial charge in [0.25, 0.3) is 5.91 Å². The number of nitrogens with zero attached hydrogens (tertiary/aromatic N) is 1. The van der Waals surface area contributed by atoms with Crippen LogP contribution in [0.1, 0.15) is 29.3 Å². The van der Waals surface area contributed by atoms with Gasteiger partial charge in [0.2, 0.25) is 5.91 Å². The summed E-state index contributed by atoms with van der Waals surface area (Å²) in [6.45, 7) is 3.95. The molecule has 0 aromatic heterocycles. The molecule has 1 heterocycles. The molecule has 0 saturated heterocycles. The summed E-state index contributed by atoms with van der Waals surface area (Å²) < 4.78 is 25.1. The first kappa shape index (κ1) is 21.1. The Morgan fingerprint density at radius 1 is 1.21 bits per heavy atom. The molecule has 0 atom stereocenters. The Hall–Kier alpha value is -2.61. The van der Waals surface area contributed by atoms with Gasteiger partial charge in [-0.25, -0.2) is 4.39 Å². The van der Waals surface area contributed by atoms with E-state index >= 15 is 0 Å². The van der Waals surface area contributed by atoms with Crippen molar-refractivity contribution in [3.05, 3.63) is 57.8 Å². The van der Waals surface area contributed by atoms with Gasteiger partial charge >= 0.3 is 0 Å². The van der Waals surface area contributed by atoms with E-state index in [2.05, 4.69) is 21.2 Å². The molecule has 6 nitrogen and oxygen atoms in total. The molecule has 1 aliphatic rings. The smallest absolute Gasteiger partial charge is 0.252 e. The maximum absolute atomic E-state index is 13.4. The number of hydrogen-bond acceptors (Lipinski definition) is 4. The van der Waals surface area contributed by atoms with Crippen LogP contribution in [0.25, 0.3) is 0 Å². The Morgan fingerprint density at radius 2 is 2.00 bits per heavy atom. The largest absolute Gasteiger partial charge is 0.486 e. The topological polar surface area (TPSA) is 67.9 Å². The summed E-state index contributed by atoms with van der Waals surface area (Å²) in [6.07, 6.45) is 0.138. The molecule has 0 spiro atoms. The molecule has 29 heavy (non-hydrogen) atoms. The molecule has 0 bridgehead atoms. The third-order valence-corrected chi connectivity index (χ3v) is 5.23. The number of amides is 2. The molecular weight excluding hydrogens is 443 g/mol. The van der Waals surface area contributed by atoms with Gasteiger partial charge < -0.3 is 19.7 Å². The molecular formula is C21H22BrFN2O4. The van der Waals surface area contributed by atoms with Crippen molar-refractivity contribution in [1.29, 1.82) is 0 Å². The maximum Gasteiger partial charge on any atom is 0.252 e. The lowest BCUT2D eigenvalue weighted by Crippen LogP contribution is -2.34. The van der Waals surface area contributed by atoms with Gasteiger partial charge in [0.15, 0.2) is 11.5 Å². The van der Waals surface area contributed by atoms with E-state index in [0.29, 0.717) is 42.3 Å². The number of para-hydroxylation sites is 1. The fourth-order valence-electron chi connectivity index (χ4n) is 3.05. The SMILES string of the molecule is CCN(Cc1cccc2c1OCCO2)C(=O)CCNC(=O)c1cc(F)ccc1Br. The molecule has 0 fully saturated rings. The predicted molar refractivity (Wildman–Crippen MR) is 110 cm³/mol. The molecule has 1 N–H and O–H groups in total. The lowest BCUT2D eigenvalue weighted by Gasteiger charge is -2.25. The number of halogens is 2. The van der Waals surface area contributed by atoms with Crippen LogP contribution in [0.5, 0.6) is 11.5 Å². The number of rotatable bonds is 7. The van der Waals surface area contributed by atoms with Crippen LogP contribution < -0.4 is 14.8 Å². The van der Waals surface area contributed by atoms with Crippen molar-refractivity contribution in [3.8, 4) is 11.5 Å². The lowest BCUT2D eigenvalue weighted by molar-refractivity contribution is -0.131. The Morgan fingerprint density at radius 3 is 2.79 bits per heavy atom. The molecule has 0 saturated carbocycles. The van der Waals surface area contributed by atoms with Gasteiger partial charge in [-0.1, -0.05) is 12.1 Å². The standard InChI is InChI=1S/C21H22BrFN2O4/c1-2-25(13-14-4-3-5-18-20(14)29-11-10-28-18)19(26)8-9-24-21(27)16-12-15(23)6-7-17(16)22/h3-7,12H,2,8-11,13H2,1H3,(H,24,27). The number of ether oxygens (including phenoxy) is 2. The number of fused-ring (bicyclic) bond motifs is 1. The van der Waals surface area contributed by atoms with Gasteiger partial charge in [0.05, 0.1) is 5.56 Å². The van der Waals surface area contributed by atoms with E-state index in [0.717, 1.165) is 11.6 Å². The second kappa shape index (κ2) is 9.73. The van der Waals surface area contributed by atoms with Gasteiger partial charge in [0.1, 0.15) is 19.0 Å². The van der Waals surface area contributed by atoms with Crippen LogP contribution in [0.4, 0.5) is 4.39 Å². The van der Waals surface area contributed by atoms with Gasteiger partial charge in [0, 0.05) is 36.1 Å². The Bertz CT molecular complexity index is 906. The summed E-state index contributed by atoms with van der Waals surface area (Å²) in [5.41, 5.74) is 1.07. The summed E-state index contributed by atoms with van der Waals surface area (Å²) in [4.78, 5) is 26.5. The highest BCUT2D eigenvalue weighted by atomic mass is 79.9. The van der Waals surface area contributed by atoms with Gasteiger partial charge in [-0.2, -0.15) is 0 Å². The highest BCUT2D eigenvalue weighted by molar-refractivity contribution is 9.10. The average molecular weight is 465 g/mol. The second-order valence-electron chi connectivity index (χ2n) is 6.48. The van der Waals surface area contributed by atoms with Crippen molar-refractivity contribution in [2.75, 3.05) is 26.3 Å². The van der Waals surface area contributed by atoms with E-state index in [1.165, 1.54) is 12.1 Å². The number of carbonyl (C=O) groups is 2. The summed E-state index contributed by atoms with van der Waals surface area (Å²) in [7, 11) is 0. The van der Waals surface area contributed by atoms with E-state index in [4.69, 9.17) is 9.47 Å². The molecule has 0 radical (unpaired) electrons. The van der Waals surface area contributed by atoms with Gasteiger partial charge in [-0.15, -0.1) is 0 Å². The number of carbonyl (C=O) groups excluding carboxylic acids is 2. The highest BCUT2D eigenvalue weighted by Crippen LogP contribution is 2.34. The quantitative estimate of drug-likeness (QED) is 0.680. The molecule has 3 rings (SSSR count). The summed E-state index contributed by atoms with van der Waals surface area (Å²) in [6, 6.07) is 9.52. The van der Waals surface area contributed by atoms with Gasteiger partial charge in [-0.3, -0.25) is 9.59 Å². The second-order valence-corrected chi connectivity index (χ2v) is 7.33. The van der Waals surface area contributed by atoms with E-state index in [9.17, 15) is 14.0 Å². The van der Waals surface area contributed by atoms with E-state index < -0.39 is 11.7 Å². The minimum atomic E-state index is -0.496. The molecule has 2 amide bonds. The average Bonchev–Trinajstić information content (AvgIpc) is 2.73. The lowest BCUT2D eigenvalue weighted by atomic mass is 10.1.